The molecule has 5 heteroatoms. The van der Waals surface area contributed by atoms with Crippen LogP contribution in [0.1, 0.15) is 24.5 Å². The van der Waals surface area contributed by atoms with E-state index < -0.39 is 10.0 Å². The number of hydrogen-bond acceptors (Lipinski definition) is 3. The van der Waals surface area contributed by atoms with E-state index in [2.05, 4.69) is 12.2 Å². The summed E-state index contributed by atoms with van der Waals surface area (Å²) in [6.07, 6.45) is 1.14. The highest BCUT2D eigenvalue weighted by Gasteiger charge is 2.36. The lowest BCUT2D eigenvalue weighted by atomic mass is 10.1. The second-order valence-corrected chi connectivity index (χ2v) is 7.84. The Balaban J connectivity index is 2.26. The first kappa shape index (κ1) is 15.5. The number of sulfonamides is 1. The topological polar surface area (TPSA) is 49.4 Å². The minimum Gasteiger partial charge on any atom is -0.316 e. The molecule has 0 aliphatic heterocycles. The van der Waals surface area contributed by atoms with Gasteiger partial charge >= 0.3 is 0 Å². The van der Waals surface area contributed by atoms with Crippen molar-refractivity contribution in [2.45, 2.75) is 31.7 Å². The predicted octanol–water partition coefficient (Wildman–Crippen LogP) is 1.99. The Morgan fingerprint density at radius 2 is 2.05 bits per heavy atom. The Morgan fingerprint density at radius 3 is 2.60 bits per heavy atom. The number of nitrogens with zero attached hydrogens (tertiary/aromatic N) is 1. The van der Waals surface area contributed by atoms with E-state index in [1.807, 2.05) is 26.1 Å². The molecule has 1 aromatic rings. The number of benzene rings is 1. The van der Waals surface area contributed by atoms with E-state index in [4.69, 9.17) is 0 Å². The summed E-state index contributed by atoms with van der Waals surface area (Å²) in [5.41, 5.74) is 1.87. The maximum atomic E-state index is 12.7. The number of rotatable bonds is 6. The molecule has 1 N–H and O–H groups in total. The Kier molecular flexibility index (Phi) is 4.52. The molecule has 1 aliphatic carbocycles. The van der Waals surface area contributed by atoms with Crippen LogP contribution in [0.15, 0.2) is 23.1 Å². The van der Waals surface area contributed by atoms with Crippen molar-refractivity contribution in [3.63, 3.8) is 0 Å². The molecule has 4 nitrogen and oxygen atoms in total. The van der Waals surface area contributed by atoms with Crippen LogP contribution in [0.3, 0.4) is 0 Å². The van der Waals surface area contributed by atoms with Gasteiger partial charge in [-0.1, -0.05) is 19.1 Å². The van der Waals surface area contributed by atoms with Crippen molar-refractivity contribution in [1.82, 2.24) is 9.62 Å². The van der Waals surface area contributed by atoms with Crippen LogP contribution < -0.4 is 5.32 Å². The highest BCUT2D eigenvalue weighted by molar-refractivity contribution is 7.89. The lowest BCUT2D eigenvalue weighted by Gasteiger charge is -2.19. The minimum absolute atomic E-state index is 0.432. The van der Waals surface area contributed by atoms with Gasteiger partial charge in [0.1, 0.15) is 0 Å². The van der Waals surface area contributed by atoms with Gasteiger partial charge in [-0.05, 0) is 49.4 Å². The SMILES string of the molecule is CNCc1cccc(S(=O)(=O)N(C)CC2CC2C)c1C. The number of nitrogens with one attached hydrogen (secondary N) is 1. The summed E-state index contributed by atoms with van der Waals surface area (Å²) in [7, 11) is 0.164. The molecular weight excluding hydrogens is 272 g/mol. The van der Waals surface area contributed by atoms with Crippen molar-refractivity contribution in [1.29, 1.82) is 0 Å². The van der Waals surface area contributed by atoms with Crippen LogP contribution in [0.4, 0.5) is 0 Å². The zero-order chi connectivity index (χ0) is 14.9. The highest BCUT2D eigenvalue weighted by Crippen LogP contribution is 2.39. The van der Waals surface area contributed by atoms with Gasteiger partial charge in [-0.25, -0.2) is 12.7 Å². The lowest BCUT2D eigenvalue weighted by molar-refractivity contribution is 0.444. The van der Waals surface area contributed by atoms with E-state index in [-0.39, 0.29) is 0 Å². The van der Waals surface area contributed by atoms with Crippen LogP contribution in [0.5, 0.6) is 0 Å². The van der Waals surface area contributed by atoms with E-state index in [0.29, 0.717) is 29.8 Å². The third-order valence-electron chi connectivity index (χ3n) is 4.22. The average molecular weight is 296 g/mol. The first-order chi connectivity index (χ1) is 9.37. The summed E-state index contributed by atoms with van der Waals surface area (Å²) in [6.45, 7) is 5.36. The fourth-order valence-electron chi connectivity index (χ4n) is 2.57. The third-order valence-corrected chi connectivity index (χ3v) is 6.19. The molecule has 0 saturated heterocycles. The van der Waals surface area contributed by atoms with Crippen molar-refractivity contribution in [3.05, 3.63) is 29.3 Å². The van der Waals surface area contributed by atoms with E-state index in [0.717, 1.165) is 17.5 Å². The highest BCUT2D eigenvalue weighted by atomic mass is 32.2. The van der Waals surface area contributed by atoms with Gasteiger partial charge in [-0.15, -0.1) is 0 Å². The molecule has 1 fully saturated rings. The van der Waals surface area contributed by atoms with E-state index in [1.165, 1.54) is 4.31 Å². The van der Waals surface area contributed by atoms with Gasteiger partial charge in [0, 0.05) is 20.1 Å². The molecule has 0 radical (unpaired) electrons. The molecule has 112 valence electrons. The van der Waals surface area contributed by atoms with Gasteiger partial charge in [0.2, 0.25) is 10.0 Å². The van der Waals surface area contributed by atoms with Gasteiger partial charge in [-0.3, -0.25) is 0 Å². The van der Waals surface area contributed by atoms with Crippen LogP contribution in [0, 0.1) is 18.8 Å². The molecule has 0 heterocycles. The molecule has 20 heavy (non-hydrogen) atoms. The van der Waals surface area contributed by atoms with Crippen LogP contribution in [-0.2, 0) is 16.6 Å². The molecule has 1 aromatic carbocycles. The summed E-state index contributed by atoms with van der Waals surface area (Å²) >= 11 is 0. The van der Waals surface area contributed by atoms with E-state index >= 15 is 0 Å². The van der Waals surface area contributed by atoms with Crippen LogP contribution >= 0.6 is 0 Å². The van der Waals surface area contributed by atoms with E-state index in [1.54, 1.807) is 13.1 Å². The summed E-state index contributed by atoms with van der Waals surface area (Å²) in [4.78, 5) is 0.432. The third kappa shape index (κ3) is 3.05. The molecule has 0 aromatic heterocycles. The molecule has 0 spiro atoms. The van der Waals surface area contributed by atoms with E-state index in [9.17, 15) is 8.42 Å². The number of hydrogen-bond donors (Lipinski definition) is 1. The predicted molar refractivity (Wildman–Crippen MR) is 81.0 cm³/mol. The van der Waals surface area contributed by atoms with Gasteiger partial charge in [0.25, 0.3) is 0 Å². The first-order valence-corrected chi connectivity index (χ1v) is 8.51. The largest absolute Gasteiger partial charge is 0.316 e. The molecule has 2 unspecified atom stereocenters. The van der Waals surface area contributed by atoms with Crippen molar-refractivity contribution in [2.24, 2.45) is 11.8 Å². The molecular formula is C15H24N2O2S. The zero-order valence-corrected chi connectivity index (χ0v) is 13.5. The molecule has 2 rings (SSSR count). The van der Waals surface area contributed by atoms with Gasteiger partial charge in [0.05, 0.1) is 4.90 Å². The Labute approximate surface area is 122 Å². The van der Waals surface area contributed by atoms with Gasteiger partial charge < -0.3 is 5.32 Å². The normalized spacial score (nSPS) is 22.2. The van der Waals surface area contributed by atoms with Gasteiger partial charge in [0.15, 0.2) is 0 Å². The second kappa shape index (κ2) is 5.84. The van der Waals surface area contributed by atoms with Crippen molar-refractivity contribution in [2.75, 3.05) is 20.6 Å². The monoisotopic (exact) mass is 296 g/mol. The van der Waals surface area contributed by atoms with Crippen LogP contribution in [-0.4, -0.2) is 33.4 Å². The lowest BCUT2D eigenvalue weighted by Crippen LogP contribution is -2.30. The van der Waals surface area contributed by atoms with Crippen LogP contribution in [0.25, 0.3) is 0 Å². The maximum Gasteiger partial charge on any atom is 0.243 e. The van der Waals surface area contributed by atoms with Gasteiger partial charge in [-0.2, -0.15) is 0 Å². The Morgan fingerprint density at radius 1 is 1.40 bits per heavy atom. The quantitative estimate of drug-likeness (QED) is 0.873. The maximum absolute atomic E-state index is 12.7. The molecule has 0 amide bonds. The van der Waals surface area contributed by atoms with Crippen molar-refractivity contribution < 1.29 is 8.42 Å². The molecule has 0 bridgehead atoms. The summed E-state index contributed by atoms with van der Waals surface area (Å²) < 4.78 is 26.9. The zero-order valence-electron chi connectivity index (χ0n) is 12.7. The second-order valence-electron chi connectivity index (χ2n) is 5.83. The van der Waals surface area contributed by atoms with Crippen molar-refractivity contribution >= 4 is 10.0 Å². The summed E-state index contributed by atoms with van der Waals surface area (Å²) in [5.74, 6) is 1.18. The van der Waals surface area contributed by atoms with Crippen molar-refractivity contribution in [3.8, 4) is 0 Å². The summed E-state index contributed by atoms with van der Waals surface area (Å²) in [5, 5.41) is 3.07. The molecule has 1 saturated carbocycles. The molecule has 1 aliphatic rings. The fourth-order valence-corrected chi connectivity index (χ4v) is 4.06. The standard InChI is InChI=1S/C15H24N2O2S/c1-11-8-14(11)10-17(4)20(18,19)15-7-5-6-13(9-16-3)12(15)2/h5-7,11,14,16H,8-10H2,1-4H3. The average Bonchev–Trinajstić information content (AvgIpc) is 3.07. The minimum atomic E-state index is -3.38. The summed E-state index contributed by atoms with van der Waals surface area (Å²) in [6, 6.07) is 5.49. The Bertz CT molecular complexity index is 584. The first-order valence-electron chi connectivity index (χ1n) is 7.07. The smallest absolute Gasteiger partial charge is 0.243 e. The Hall–Kier alpha value is -0.910. The molecule has 2 atom stereocenters. The fraction of sp³-hybridized carbons (Fsp3) is 0.600. The van der Waals surface area contributed by atoms with Crippen LogP contribution in [0.2, 0.25) is 0 Å².